The minimum Gasteiger partial charge on any atom is -0.376 e. The molecular formula is C18H29N3O3. The smallest absolute Gasteiger partial charge is 0.251 e. The molecule has 3 atom stereocenters. The van der Waals surface area contributed by atoms with Gasteiger partial charge in [0.15, 0.2) is 0 Å². The highest BCUT2D eigenvalue weighted by Crippen LogP contribution is 2.21. The van der Waals surface area contributed by atoms with E-state index >= 15 is 0 Å². The van der Waals surface area contributed by atoms with Crippen molar-refractivity contribution in [3.05, 3.63) is 18.0 Å². The predicted octanol–water partition coefficient (Wildman–Crippen LogP) is 2.16. The van der Waals surface area contributed by atoms with Crippen LogP contribution in [-0.4, -0.2) is 58.6 Å². The number of carbonyl (C=O) groups excluding carboxylic acids is 1. The van der Waals surface area contributed by atoms with Gasteiger partial charge in [-0.05, 0) is 51.5 Å². The van der Waals surface area contributed by atoms with Crippen molar-refractivity contribution >= 4 is 5.91 Å². The summed E-state index contributed by atoms with van der Waals surface area (Å²) in [5, 5.41) is 4.37. The highest BCUT2D eigenvalue weighted by molar-refractivity contribution is 5.81. The van der Waals surface area contributed by atoms with Crippen molar-refractivity contribution in [2.45, 2.75) is 70.7 Å². The van der Waals surface area contributed by atoms with Crippen LogP contribution in [0.4, 0.5) is 0 Å². The maximum atomic E-state index is 12.8. The summed E-state index contributed by atoms with van der Waals surface area (Å²) in [6.45, 7) is 6.81. The van der Waals surface area contributed by atoms with Crippen LogP contribution in [0.1, 0.15) is 44.6 Å². The van der Waals surface area contributed by atoms with Crippen molar-refractivity contribution in [2.24, 2.45) is 0 Å². The summed E-state index contributed by atoms with van der Waals surface area (Å²) in [5.74, 6) is 0.0987. The van der Waals surface area contributed by atoms with E-state index in [2.05, 4.69) is 5.10 Å². The van der Waals surface area contributed by atoms with Crippen molar-refractivity contribution in [3.8, 4) is 0 Å². The predicted molar refractivity (Wildman–Crippen MR) is 90.7 cm³/mol. The first kappa shape index (κ1) is 17.4. The van der Waals surface area contributed by atoms with E-state index < -0.39 is 6.10 Å². The van der Waals surface area contributed by atoms with Gasteiger partial charge in [-0.1, -0.05) is 0 Å². The minimum absolute atomic E-state index is 0.0987. The van der Waals surface area contributed by atoms with Gasteiger partial charge < -0.3 is 14.4 Å². The van der Waals surface area contributed by atoms with Crippen LogP contribution < -0.4 is 0 Å². The Hall–Kier alpha value is -1.40. The molecule has 1 amide bonds. The summed E-state index contributed by atoms with van der Waals surface area (Å²) in [7, 11) is 0. The van der Waals surface area contributed by atoms with E-state index in [-0.39, 0.29) is 18.1 Å². The molecule has 1 aromatic heterocycles. The molecule has 0 aromatic carbocycles. The zero-order valence-corrected chi connectivity index (χ0v) is 14.8. The number of aryl methyl sites for hydroxylation is 1. The largest absolute Gasteiger partial charge is 0.376 e. The number of hydrogen-bond acceptors (Lipinski definition) is 4. The van der Waals surface area contributed by atoms with E-state index in [1.54, 1.807) is 0 Å². The Kier molecular flexibility index (Phi) is 5.89. The summed E-state index contributed by atoms with van der Waals surface area (Å²) < 4.78 is 13.3. The van der Waals surface area contributed by atoms with Gasteiger partial charge in [0.25, 0.3) is 5.91 Å². The average molecular weight is 335 g/mol. The van der Waals surface area contributed by atoms with Gasteiger partial charge in [-0.25, -0.2) is 0 Å². The summed E-state index contributed by atoms with van der Waals surface area (Å²) in [6.07, 6.45) is 9.04. The van der Waals surface area contributed by atoms with E-state index in [0.29, 0.717) is 6.61 Å². The summed E-state index contributed by atoms with van der Waals surface area (Å²) in [4.78, 5) is 14.8. The van der Waals surface area contributed by atoms with Crippen LogP contribution in [0.2, 0.25) is 0 Å². The van der Waals surface area contributed by atoms with Crippen LogP contribution in [0.15, 0.2) is 12.4 Å². The molecule has 0 bridgehead atoms. The molecule has 1 aromatic rings. The maximum Gasteiger partial charge on any atom is 0.251 e. The van der Waals surface area contributed by atoms with Gasteiger partial charge in [0.1, 0.15) is 6.10 Å². The molecule has 2 aliphatic heterocycles. The fourth-order valence-corrected chi connectivity index (χ4v) is 3.60. The molecule has 3 heterocycles. The third-order valence-corrected chi connectivity index (χ3v) is 4.97. The van der Waals surface area contributed by atoms with E-state index in [1.165, 1.54) is 6.42 Å². The Morgan fingerprint density at radius 1 is 1.42 bits per heavy atom. The molecule has 0 spiro atoms. The van der Waals surface area contributed by atoms with Crippen LogP contribution in [0.3, 0.4) is 0 Å². The number of nitrogens with zero attached hydrogens (tertiary/aromatic N) is 3. The fourth-order valence-electron chi connectivity index (χ4n) is 3.60. The van der Waals surface area contributed by atoms with Crippen LogP contribution >= 0.6 is 0 Å². The van der Waals surface area contributed by atoms with Gasteiger partial charge >= 0.3 is 0 Å². The maximum absolute atomic E-state index is 12.8. The van der Waals surface area contributed by atoms with Gasteiger partial charge in [-0.2, -0.15) is 5.10 Å². The van der Waals surface area contributed by atoms with Crippen molar-refractivity contribution in [3.63, 3.8) is 0 Å². The summed E-state index contributed by atoms with van der Waals surface area (Å²) >= 11 is 0. The van der Waals surface area contributed by atoms with Gasteiger partial charge in [0, 0.05) is 19.3 Å². The minimum atomic E-state index is -0.408. The molecule has 0 unspecified atom stereocenters. The lowest BCUT2D eigenvalue weighted by atomic mass is 10.0. The van der Waals surface area contributed by atoms with Crippen LogP contribution in [0, 0.1) is 6.92 Å². The number of hydrogen-bond donors (Lipinski definition) is 0. The van der Waals surface area contributed by atoms with Crippen molar-refractivity contribution in [1.29, 1.82) is 0 Å². The molecule has 0 saturated carbocycles. The molecule has 0 N–H and O–H groups in total. The molecule has 3 rings (SSSR count). The first-order valence-corrected chi connectivity index (χ1v) is 9.16. The normalized spacial score (nSPS) is 25.8. The second kappa shape index (κ2) is 8.12. The molecule has 24 heavy (non-hydrogen) atoms. The number of aromatic nitrogens is 2. The monoisotopic (exact) mass is 335 g/mol. The van der Waals surface area contributed by atoms with Gasteiger partial charge in [0.2, 0.25) is 0 Å². The molecule has 2 aliphatic rings. The summed E-state index contributed by atoms with van der Waals surface area (Å²) in [6, 6.07) is 0.208. The van der Waals surface area contributed by atoms with E-state index in [0.717, 1.165) is 50.9 Å². The van der Waals surface area contributed by atoms with Gasteiger partial charge in [0.05, 0.1) is 31.5 Å². The number of piperidine rings is 1. The average Bonchev–Trinajstić information content (AvgIpc) is 3.24. The molecular weight excluding hydrogens is 306 g/mol. The standard InChI is InChI=1S/C18H29N3O3/c1-14-10-19-20(11-14)12-16-6-3-4-8-21(16)18(22)15(2)24-13-17-7-5-9-23-17/h10-11,15-17H,3-9,12-13H2,1-2H3/t15-,16-,17+/m0/s1. The highest BCUT2D eigenvalue weighted by Gasteiger charge is 2.31. The Morgan fingerprint density at radius 2 is 2.29 bits per heavy atom. The van der Waals surface area contributed by atoms with Crippen molar-refractivity contribution in [2.75, 3.05) is 19.8 Å². The molecule has 134 valence electrons. The Morgan fingerprint density at radius 3 is 3.00 bits per heavy atom. The van der Waals surface area contributed by atoms with Crippen LogP contribution in [-0.2, 0) is 20.8 Å². The lowest BCUT2D eigenvalue weighted by Gasteiger charge is -2.37. The van der Waals surface area contributed by atoms with Crippen molar-refractivity contribution in [1.82, 2.24) is 14.7 Å². The molecule has 2 fully saturated rings. The van der Waals surface area contributed by atoms with Crippen LogP contribution in [0.25, 0.3) is 0 Å². The van der Waals surface area contributed by atoms with E-state index in [1.807, 2.05) is 35.8 Å². The molecule has 2 saturated heterocycles. The molecule has 6 heteroatoms. The number of ether oxygens (including phenoxy) is 2. The SMILES string of the molecule is Cc1cnn(C[C@@H]2CCCCN2C(=O)[C@H](C)OC[C@H]2CCCO2)c1. The Balaban J connectivity index is 1.55. The van der Waals surface area contributed by atoms with Gasteiger partial charge in [-0.3, -0.25) is 9.48 Å². The zero-order valence-electron chi connectivity index (χ0n) is 14.8. The lowest BCUT2D eigenvalue weighted by Crippen LogP contribution is -2.50. The number of amides is 1. The topological polar surface area (TPSA) is 56.6 Å². The fraction of sp³-hybridized carbons (Fsp3) is 0.778. The zero-order chi connectivity index (χ0) is 16.9. The number of rotatable bonds is 6. The Labute approximate surface area is 144 Å². The highest BCUT2D eigenvalue weighted by atomic mass is 16.5. The molecule has 0 aliphatic carbocycles. The quantitative estimate of drug-likeness (QED) is 0.799. The summed E-state index contributed by atoms with van der Waals surface area (Å²) in [5.41, 5.74) is 1.15. The van der Waals surface area contributed by atoms with E-state index in [9.17, 15) is 4.79 Å². The second-order valence-electron chi connectivity index (χ2n) is 7.03. The molecule has 0 radical (unpaired) electrons. The number of carbonyl (C=O) groups is 1. The first-order chi connectivity index (χ1) is 11.6. The van der Waals surface area contributed by atoms with Crippen LogP contribution in [0.5, 0.6) is 0 Å². The second-order valence-corrected chi connectivity index (χ2v) is 7.03. The lowest BCUT2D eigenvalue weighted by molar-refractivity contribution is -0.148. The third-order valence-electron chi connectivity index (χ3n) is 4.97. The first-order valence-electron chi connectivity index (χ1n) is 9.16. The van der Waals surface area contributed by atoms with E-state index in [4.69, 9.17) is 9.47 Å². The van der Waals surface area contributed by atoms with Gasteiger partial charge in [-0.15, -0.1) is 0 Å². The Bertz CT molecular complexity index is 539. The molecule has 6 nitrogen and oxygen atoms in total. The van der Waals surface area contributed by atoms with Crippen molar-refractivity contribution < 1.29 is 14.3 Å². The number of likely N-dealkylation sites (tertiary alicyclic amines) is 1. The third kappa shape index (κ3) is 4.36.